The van der Waals surface area contributed by atoms with E-state index >= 15 is 0 Å². The normalized spacial score (nSPS) is 19.5. The van der Waals surface area contributed by atoms with E-state index < -0.39 is 0 Å². The molecule has 0 radical (unpaired) electrons. The quantitative estimate of drug-likeness (QED) is 0.198. The minimum Gasteiger partial charge on any atom is -0.497 e. The van der Waals surface area contributed by atoms with Crippen molar-refractivity contribution >= 4 is 11.6 Å². The van der Waals surface area contributed by atoms with Gasteiger partial charge in [-0.25, -0.2) is 0 Å². The summed E-state index contributed by atoms with van der Waals surface area (Å²) in [5.74, 6) is 2.23. The van der Waals surface area contributed by atoms with Gasteiger partial charge in [-0.05, 0) is 49.9 Å². The van der Waals surface area contributed by atoms with E-state index in [2.05, 4.69) is 19.6 Å². The minimum atomic E-state index is -0.0611. The van der Waals surface area contributed by atoms with Crippen LogP contribution in [-0.2, 0) is 0 Å². The minimum absolute atomic E-state index is 0.0320. The number of methoxy groups -OCH3 is 4. The fourth-order valence-corrected chi connectivity index (χ4v) is 7.61. The second kappa shape index (κ2) is 18.8. The van der Waals surface area contributed by atoms with Crippen molar-refractivity contribution < 1.29 is 28.5 Å². The molecule has 0 bridgehead atoms. The highest BCUT2D eigenvalue weighted by atomic mass is 16.5. The molecule has 272 valence electrons. The molecule has 10 heteroatoms. The van der Waals surface area contributed by atoms with Gasteiger partial charge in [-0.1, -0.05) is 31.7 Å². The van der Waals surface area contributed by atoms with Crippen LogP contribution >= 0.6 is 0 Å². The van der Waals surface area contributed by atoms with Crippen molar-refractivity contribution in [2.45, 2.75) is 63.5 Å². The molecule has 2 aromatic rings. The lowest BCUT2D eigenvalue weighted by Gasteiger charge is -2.37. The average molecular weight is 689 g/mol. The topological polar surface area (TPSA) is 84.0 Å². The molecule has 4 fully saturated rings. The van der Waals surface area contributed by atoms with Crippen LogP contribution in [-0.4, -0.2) is 124 Å². The lowest BCUT2D eigenvalue weighted by molar-refractivity contribution is 0.102. The Hall–Kier alpha value is -4.02. The molecule has 0 atom stereocenters. The van der Waals surface area contributed by atoms with Gasteiger partial charge < -0.3 is 28.7 Å². The van der Waals surface area contributed by atoms with Crippen LogP contribution in [0.5, 0.6) is 23.0 Å². The van der Waals surface area contributed by atoms with Gasteiger partial charge in [-0.2, -0.15) is 0 Å². The predicted octanol–water partition coefficient (Wildman–Crippen LogP) is 5.92. The summed E-state index contributed by atoms with van der Waals surface area (Å²) in [7, 11) is 6.30. The number of nitrogens with zero attached hydrogens (tertiary/aromatic N) is 4. The van der Waals surface area contributed by atoms with Crippen LogP contribution in [0.15, 0.2) is 61.0 Å². The summed E-state index contributed by atoms with van der Waals surface area (Å²) in [6.45, 7) is 8.30. The number of para-hydroxylation sites is 1. The van der Waals surface area contributed by atoms with Gasteiger partial charge in [-0.15, -0.1) is 0 Å². The van der Waals surface area contributed by atoms with E-state index in [-0.39, 0.29) is 11.6 Å². The SMILES string of the molecule is COc1cc(OC)cc(C(=O)C=CN2CCN(C3CCCC3)CC2)c1.COc1cccc(C(=O)C=CN2CCN(C3CCCC3)CC2)c1OC. The van der Waals surface area contributed by atoms with E-state index in [0.29, 0.717) is 34.1 Å². The summed E-state index contributed by atoms with van der Waals surface area (Å²) < 4.78 is 21.1. The molecular formula is C40H56N4O6. The number of hydrogen-bond donors (Lipinski definition) is 0. The lowest BCUT2D eigenvalue weighted by Crippen LogP contribution is -2.47. The first kappa shape index (κ1) is 37.2. The number of benzene rings is 2. The highest BCUT2D eigenvalue weighted by Crippen LogP contribution is 2.31. The number of hydrogen-bond acceptors (Lipinski definition) is 10. The first-order valence-electron chi connectivity index (χ1n) is 18.3. The van der Waals surface area contributed by atoms with Gasteiger partial charge in [0.25, 0.3) is 0 Å². The first-order valence-corrected chi connectivity index (χ1v) is 18.3. The van der Waals surface area contributed by atoms with Crippen molar-refractivity contribution in [2.75, 3.05) is 80.8 Å². The number of carbonyl (C=O) groups is 2. The molecule has 0 N–H and O–H groups in total. The summed E-state index contributed by atoms with van der Waals surface area (Å²) in [5, 5.41) is 0. The maximum atomic E-state index is 12.5. The molecule has 0 unspecified atom stereocenters. The molecule has 50 heavy (non-hydrogen) atoms. The monoisotopic (exact) mass is 688 g/mol. The van der Waals surface area contributed by atoms with Crippen molar-refractivity contribution in [3.8, 4) is 23.0 Å². The molecule has 2 heterocycles. The van der Waals surface area contributed by atoms with Crippen LogP contribution < -0.4 is 18.9 Å². The third kappa shape index (κ3) is 10.0. The number of rotatable bonds is 12. The molecule has 2 aromatic carbocycles. The van der Waals surface area contributed by atoms with Crippen molar-refractivity contribution in [1.29, 1.82) is 0 Å². The third-order valence-electron chi connectivity index (χ3n) is 10.6. The molecule has 6 rings (SSSR count). The van der Waals surface area contributed by atoms with Crippen LogP contribution in [0.1, 0.15) is 72.1 Å². The number of piperazine rings is 2. The summed E-state index contributed by atoms with van der Waals surface area (Å²) in [6, 6.07) is 12.2. The molecule has 2 aliphatic heterocycles. The Labute approximate surface area is 298 Å². The maximum absolute atomic E-state index is 12.5. The summed E-state index contributed by atoms with van der Waals surface area (Å²) >= 11 is 0. The van der Waals surface area contributed by atoms with Crippen LogP contribution in [0.3, 0.4) is 0 Å². The van der Waals surface area contributed by atoms with E-state index in [4.69, 9.17) is 18.9 Å². The lowest BCUT2D eigenvalue weighted by atomic mass is 10.1. The second-order valence-corrected chi connectivity index (χ2v) is 13.5. The smallest absolute Gasteiger partial charge is 0.191 e. The Kier molecular flexibility index (Phi) is 14.0. The van der Waals surface area contributed by atoms with Crippen LogP contribution in [0.2, 0.25) is 0 Å². The summed E-state index contributed by atoms with van der Waals surface area (Å²) in [5.41, 5.74) is 1.11. The number of ether oxygens (including phenoxy) is 4. The van der Waals surface area contributed by atoms with E-state index in [1.807, 2.05) is 18.5 Å². The zero-order valence-electron chi connectivity index (χ0n) is 30.5. The molecule has 0 amide bonds. The standard InChI is InChI=1S/2C20H28N2O3/c1-24-19-9-5-8-17(20(19)25-2)18(23)10-11-21-12-14-22(15-13-21)16-6-3-4-7-16;1-24-18-13-16(14-19(15-18)25-2)20(23)7-8-21-9-11-22(12-10-21)17-5-3-4-6-17/h5,8-11,16H,3-4,6-7,12-15H2,1-2H3;7-8,13-15,17H,3-6,9-12H2,1-2H3. The third-order valence-corrected chi connectivity index (χ3v) is 10.6. The van der Waals surface area contributed by atoms with Gasteiger partial charge in [0, 0.05) is 101 Å². The second-order valence-electron chi connectivity index (χ2n) is 13.5. The molecule has 0 spiro atoms. The fourth-order valence-electron chi connectivity index (χ4n) is 7.61. The van der Waals surface area contributed by atoms with Gasteiger partial charge in [0.1, 0.15) is 11.5 Å². The van der Waals surface area contributed by atoms with Gasteiger partial charge >= 0.3 is 0 Å². The van der Waals surface area contributed by atoms with E-state index in [9.17, 15) is 9.59 Å². The maximum Gasteiger partial charge on any atom is 0.191 e. The zero-order chi connectivity index (χ0) is 35.3. The largest absolute Gasteiger partial charge is 0.497 e. The molecule has 10 nitrogen and oxygen atoms in total. The van der Waals surface area contributed by atoms with Crippen LogP contribution in [0.4, 0.5) is 0 Å². The number of allylic oxidation sites excluding steroid dienone is 2. The number of ketones is 2. The molecule has 4 aliphatic rings. The Morgan fingerprint density at radius 3 is 1.52 bits per heavy atom. The van der Waals surface area contributed by atoms with Gasteiger partial charge in [0.15, 0.2) is 23.1 Å². The molecule has 0 aromatic heterocycles. The fraction of sp³-hybridized carbons (Fsp3) is 0.550. The van der Waals surface area contributed by atoms with Gasteiger partial charge in [0.05, 0.1) is 34.0 Å². The number of carbonyl (C=O) groups excluding carboxylic acids is 2. The van der Waals surface area contributed by atoms with Crippen molar-refractivity contribution in [3.05, 3.63) is 72.1 Å². The first-order chi connectivity index (χ1) is 24.4. The van der Waals surface area contributed by atoms with E-state index in [0.717, 1.165) is 64.4 Å². The van der Waals surface area contributed by atoms with Crippen molar-refractivity contribution in [3.63, 3.8) is 0 Å². The highest BCUT2D eigenvalue weighted by molar-refractivity contribution is 6.07. The average Bonchev–Trinajstić information content (AvgIpc) is 3.92. The zero-order valence-corrected chi connectivity index (χ0v) is 30.5. The summed E-state index contributed by atoms with van der Waals surface area (Å²) in [6.07, 6.45) is 18.1. The predicted molar refractivity (Wildman–Crippen MR) is 197 cm³/mol. The molecule has 2 aliphatic carbocycles. The highest BCUT2D eigenvalue weighted by Gasteiger charge is 2.26. The van der Waals surface area contributed by atoms with Crippen LogP contribution in [0.25, 0.3) is 0 Å². The van der Waals surface area contributed by atoms with Crippen LogP contribution in [0, 0.1) is 0 Å². The van der Waals surface area contributed by atoms with Gasteiger partial charge in [0.2, 0.25) is 0 Å². The Bertz CT molecular complexity index is 1430. The Morgan fingerprint density at radius 2 is 1.08 bits per heavy atom. The van der Waals surface area contributed by atoms with Crippen molar-refractivity contribution in [1.82, 2.24) is 19.6 Å². The van der Waals surface area contributed by atoms with E-state index in [1.165, 1.54) is 51.4 Å². The molecule has 2 saturated carbocycles. The van der Waals surface area contributed by atoms with Gasteiger partial charge in [-0.3, -0.25) is 19.4 Å². The Balaban J connectivity index is 0.000000194. The Morgan fingerprint density at radius 1 is 0.600 bits per heavy atom. The van der Waals surface area contributed by atoms with Crippen molar-refractivity contribution in [2.24, 2.45) is 0 Å². The van der Waals surface area contributed by atoms with E-state index in [1.54, 1.807) is 70.9 Å². The molecular weight excluding hydrogens is 632 g/mol. The molecule has 2 saturated heterocycles. The summed E-state index contributed by atoms with van der Waals surface area (Å²) in [4.78, 5) is 34.7.